The first-order valence-corrected chi connectivity index (χ1v) is 9.18. The van der Waals surface area contributed by atoms with Gasteiger partial charge in [-0.1, -0.05) is 42.5 Å². The van der Waals surface area contributed by atoms with E-state index in [2.05, 4.69) is 29.2 Å². The van der Waals surface area contributed by atoms with Crippen LogP contribution in [0.1, 0.15) is 30.7 Å². The standard InChI is InChI=1S/C22H22N2O2/c25-22(14-13-21-23-19-11-4-5-12-20(19)26-21)24-15-7-6-10-18(24)16-17-8-2-1-3-9-17/h1-5,8-9,11-14,18H,6-7,10,15-16H2. The zero-order chi connectivity index (χ0) is 17.8. The molecule has 0 saturated carbocycles. The number of amides is 1. The second-order valence-corrected chi connectivity index (χ2v) is 6.72. The van der Waals surface area contributed by atoms with E-state index in [0.29, 0.717) is 5.89 Å². The molecule has 1 aromatic heterocycles. The van der Waals surface area contributed by atoms with Gasteiger partial charge >= 0.3 is 0 Å². The molecule has 132 valence electrons. The molecule has 0 aliphatic carbocycles. The molecule has 4 nitrogen and oxygen atoms in total. The van der Waals surface area contributed by atoms with Crippen LogP contribution in [-0.2, 0) is 11.2 Å². The molecule has 4 rings (SSSR count). The van der Waals surface area contributed by atoms with E-state index >= 15 is 0 Å². The fraction of sp³-hybridized carbons (Fsp3) is 0.273. The van der Waals surface area contributed by atoms with Crippen molar-refractivity contribution in [3.63, 3.8) is 0 Å². The van der Waals surface area contributed by atoms with Crippen LogP contribution in [0.4, 0.5) is 0 Å². The zero-order valence-electron chi connectivity index (χ0n) is 14.7. The van der Waals surface area contributed by atoms with Crippen molar-refractivity contribution >= 4 is 23.1 Å². The highest BCUT2D eigenvalue weighted by molar-refractivity contribution is 5.91. The van der Waals surface area contributed by atoms with Crippen molar-refractivity contribution in [3.8, 4) is 0 Å². The Bertz CT molecular complexity index is 881. The predicted molar refractivity (Wildman–Crippen MR) is 103 cm³/mol. The number of rotatable bonds is 4. The van der Waals surface area contributed by atoms with Crippen molar-refractivity contribution in [2.45, 2.75) is 31.7 Å². The molecule has 1 amide bonds. The highest BCUT2D eigenvalue weighted by atomic mass is 16.3. The van der Waals surface area contributed by atoms with Gasteiger partial charge in [0.05, 0.1) is 0 Å². The fourth-order valence-electron chi connectivity index (χ4n) is 3.59. The summed E-state index contributed by atoms with van der Waals surface area (Å²) in [6, 6.07) is 18.3. The summed E-state index contributed by atoms with van der Waals surface area (Å²) in [5.41, 5.74) is 2.82. The van der Waals surface area contributed by atoms with Crippen LogP contribution in [0.5, 0.6) is 0 Å². The summed E-state index contributed by atoms with van der Waals surface area (Å²) >= 11 is 0. The van der Waals surface area contributed by atoms with Gasteiger partial charge in [-0.2, -0.15) is 0 Å². The van der Waals surface area contributed by atoms with Gasteiger partial charge < -0.3 is 9.32 Å². The number of fused-ring (bicyclic) bond motifs is 1. The molecule has 2 heterocycles. The highest BCUT2D eigenvalue weighted by Gasteiger charge is 2.25. The minimum atomic E-state index is 0.0351. The Kier molecular flexibility index (Phi) is 4.82. The number of carbonyl (C=O) groups excluding carboxylic acids is 1. The third-order valence-corrected chi connectivity index (χ3v) is 4.90. The summed E-state index contributed by atoms with van der Waals surface area (Å²) in [7, 11) is 0. The first-order valence-electron chi connectivity index (χ1n) is 9.18. The van der Waals surface area contributed by atoms with E-state index in [4.69, 9.17) is 4.42 Å². The lowest BCUT2D eigenvalue weighted by Crippen LogP contribution is -2.44. The maximum Gasteiger partial charge on any atom is 0.247 e. The number of likely N-dealkylation sites (tertiary alicyclic amines) is 1. The molecule has 0 N–H and O–H groups in total. The van der Waals surface area contributed by atoms with Crippen molar-refractivity contribution < 1.29 is 9.21 Å². The molecule has 1 fully saturated rings. The maximum absolute atomic E-state index is 12.8. The van der Waals surface area contributed by atoms with Crippen LogP contribution in [0, 0.1) is 0 Å². The summed E-state index contributed by atoms with van der Waals surface area (Å²) < 4.78 is 5.66. The number of aromatic nitrogens is 1. The first kappa shape index (κ1) is 16.6. The van der Waals surface area contributed by atoms with Gasteiger partial charge in [0, 0.05) is 24.7 Å². The third-order valence-electron chi connectivity index (χ3n) is 4.90. The number of para-hydroxylation sites is 2. The SMILES string of the molecule is O=C(C=Cc1nc2ccccc2o1)N1CCCCC1Cc1ccccc1. The Balaban J connectivity index is 1.47. The average molecular weight is 346 g/mol. The molecule has 1 atom stereocenters. The second-order valence-electron chi connectivity index (χ2n) is 6.72. The van der Waals surface area contributed by atoms with E-state index in [0.717, 1.165) is 36.9 Å². The quantitative estimate of drug-likeness (QED) is 0.655. The van der Waals surface area contributed by atoms with E-state index in [1.807, 2.05) is 35.2 Å². The van der Waals surface area contributed by atoms with E-state index in [1.54, 1.807) is 12.2 Å². The van der Waals surface area contributed by atoms with Crippen LogP contribution in [0.2, 0.25) is 0 Å². The molecule has 0 spiro atoms. The number of hydrogen-bond acceptors (Lipinski definition) is 3. The summed E-state index contributed by atoms with van der Waals surface area (Å²) in [4.78, 5) is 19.1. The molecule has 4 heteroatoms. The number of piperidine rings is 1. The smallest absolute Gasteiger partial charge is 0.247 e. The summed E-state index contributed by atoms with van der Waals surface area (Å²) in [5.74, 6) is 0.504. The van der Waals surface area contributed by atoms with Crippen molar-refractivity contribution in [1.82, 2.24) is 9.88 Å². The maximum atomic E-state index is 12.8. The van der Waals surface area contributed by atoms with Gasteiger partial charge in [-0.25, -0.2) is 4.98 Å². The van der Waals surface area contributed by atoms with Crippen molar-refractivity contribution in [2.24, 2.45) is 0 Å². The van der Waals surface area contributed by atoms with Gasteiger partial charge in [0.15, 0.2) is 5.58 Å². The molecule has 1 saturated heterocycles. The molecule has 1 aliphatic heterocycles. The van der Waals surface area contributed by atoms with Crippen molar-refractivity contribution in [2.75, 3.05) is 6.54 Å². The Labute approximate surface area is 153 Å². The average Bonchev–Trinajstić information content (AvgIpc) is 3.10. The number of carbonyl (C=O) groups is 1. The van der Waals surface area contributed by atoms with Crippen LogP contribution < -0.4 is 0 Å². The lowest BCUT2D eigenvalue weighted by atomic mass is 9.95. The van der Waals surface area contributed by atoms with E-state index < -0.39 is 0 Å². The molecule has 0 radical (unpaired) electrons. The van der Waals surface area contributed by atoms with E-state index in [-0.39, 0.29) is 11.9 Å². The van der Waals surface area contributed by atoms with Crippen LogP contribution in [-0.4, -0.2) is 28.4 Å². The molecule has 26 heavy (non-hydrogen) atoms. The molecule has 1 aliphatic rings. The lowest BCUT2D eigenvalue weighted by molar-refractivity contribution is -0.129. The minimum Gasteiger partial charge on any atom is -0.437 e. The first-order chi connectivity index (χ1) is 12.8. The molecule has 1 unspecified atom stereocenters. The second kappa shape index (κ2) is 7.56. The number of nitrogens with zero attached hydrogens (tertiary/aromatic N) is 2. The van der Waals surface area contributed by atoms with E-state index in [9.17, 15) is 4.79 Å². The van der Waals surface area contributed by atoms with Crippen LogP contribution in [0.25, 0.3) is 17.2 Å². The minimum absolute atomic E-state index is 0.0351. The van der Waals surface area contributed by atoms with Crippen LogP contribution in [0.15, 0.2) is 65.1 Å². The topological polar surface area (TPSA) is 46.3 Å². The van der Waals surface area contributed by atoms with Gasteiger partial charge in [0.1, 0.15) is 5.52 Å². The Hall–Kier alpha value is -2.88. The highest BCUT2D eigenvalue weighted by Crippen LogP contribution is 2.22. The number of hydrogen-bond donors (Lipinski definition) is 0. The fourth-order valence-corrected chi connectivity index (χ4v) is 3.59. The van der Waals surface area contributed by atoms with Gasteiger partial charge in [-0.3, -0.25) is 4.79 Å². The molecular formula is C22H22N2O2. The van der Waals surface area contributed by atoms with Crippen LogP contribution >= 0.6 is 0 Å². The van der Waals surface area contributed by atoms with Crippen LogP contribution in [0.3, 0.4) is 0 Å². The molecule has 0 bridgehead atoms. The zero-order valence-corrected chi connectivity index (χ0v) is 14.7. The summed E-state index contributed by atoms with van der Waals surface area (Å²) in [5, 5.41) is 0. The predicted octanol–water partition coefficient (Wildman–Crippen LogP) is 4.46. The van der Waals surface area contributed by atoms with Gasteiger partial charge in [0.25, 0.3) is 0 Å². The van der Waals surface area contributed by atoms with Crippen molar-refractivity contribution in [1.29, 1.82) is 0 Å². The van der Waals surface area contributed by atoms with Gasteiger partial charge in [-0.05, 0) is 43.4 Å². The Morgan fingerprint density at radius 2 is 1.92 bits per heavy atom. The number of oxazole rings is 1. The van der Waals surface area contributed by atoms with Gasteiger partial charge in [0.2, 0.25) is 11.8 Å². The van der Waals surface area contributed by atoms with Crippen molar-refractivity contribution in [3.05, 3.63) is 72.1 Å². The molecule has 2 aromatic carbocycles. The van der Waals surface area contributed by atoms with E-state index in [1.165, 1.54) is 12.0 Å². The Morgan fingerprint density at radius 3 is 2.77 bits per heavy atom. The largest absolute Gasteiger partial charge is 0.437 e. The Morgan fingerprint density at radius 1 is 1.12 bits per heavy atom. The summed E-state index contributed by atoms with van der Waals surface area (Å²) in [6.07, 6.45) is 7.47. The normalized spacial score (nSPS) is 17.8. The molecular weight excluding hydrogens is 324 g/mol. The molecule has 3 aromatic rings. The monoisotopic (exact) mass is 346 g/mol. The summed E-state index contributed by atoms with van der Waals surface area (Å²) in [6.45, 7) is 0.814. The lowest BCUT2D eigenvalue weighted by Gasteiger charge is -2.35. The third kappa shape index (κ3) is 3.69. The van der Waals surface area contributed by atoms with Gasteiger partial charge in [-0.15, -0.1) is 0 Å². The number of benzene rings is 2.